The van der Waals surface area contributed by atoms with Crippen molar-refractivity contribution in [3.8, 4) is 5.75 Å². The zero-order valence-corrected chi connectivity index (χ0v) is 12.8. The molecule has 0 aromatic heterocycles. The average Bonchev–Trinajstić information content (AvgIpc) is 2.46. The molecule has 0 unspecified atom stereocenters. The molecule has 0 saturated carbocycles. The van der Waals surface area contributed by atoms with Gasteiger partial charge in [0.2, 0.25) is 0 Å². The first kappa shape index (κ1) is 15.3. The molecule has 0 amide bonds. The zero-order chi connectivity index (χ0) is 15.4. The van der Waals surface area contributed by atoms with Gasteiger partial charge in [-0.3, -0.25) is 0 Å². The molecule has 0 bridgehead atoms. The Hall–Kier alpha value is -2.08. The van der Waals surface area contributed by atoms with E-state index in [1.807, 2.05) is 12.1 Å². The molecular weight excluding hydrogens is 341 g/mol. The molecule has 2 aromatic carbocycles. The molecule has 0 atom stereocenters. The van der Waals surface area contributed by atoms with Gasteiger partial charge in [-0.25, -0.2) is 9.18 Å². The molecule has 2 rings (SSSR count). The Kier molecular flexibility index (Phi) is 4.80. The first-order valence-electron chi connectivity index (χ1n) is 6.10. The molecule has 0 aliphatic rings. The van der Waals surface area contributed by atoms with E-state index in [2.05, 4.69) is 21.2 Å². The third-order valence-corrected chi connectivity index (χ3v) is 3.42. The molecule has 0 radical (unpaired) electrons. The van der Waals surface area contributed by atoms with E-state index in [1.54, 1.807) is 13.2 Å². The first-order chi connectivity index (χ1) is 10.0. The van der Waals surface area contributed by atoms with Crippen LogP contribution in [-0.4, -0.2) is 18.2 Å². The van der Waals surface area contributed by atoms with Crippen molar-refractivity contribution >= 4 is 27.6 Å². The Morgan fingerprint density at radius 2 is 2.10 bits per heavy atom. The van der Waals surface area contributed by atoms with Crippen LogP contribution in [-0.2, 0) is 6.54 Å². The molecule has 0 spiro atoms. The number of benzene rings is 2. The smallest absolute Gasteiger partial charge is 0.335 e. The second-order valence-corrected chi connectivity index (χ2v) is 5.23. The highest BCUT2D eigenvalue weighted by Gasteiger charge is 2.09. The Balaban J connectivity index is 2.22. The van der Waals surface area contributed by atoms with Crippen LogP contribution in [0.1, 0.15) is 15.9 Å². The van der Waals surface area contributed by atoms with E-state index < -0.39 is 11.8 Å². The van der Waals surface area contributed by atoms with E-state index in [1.165, 1.54) is 12.1 Å². The third-order valence-electron chi connectivity index (χ3n) is 2.93. The van der Waals surface area contributed by atoms with Crippen LogP contribution >= 0.6 is 15.9 Å². The minimum Gasteiger partial charge on any atom is -0.496 e. The predicted molar refractivity (Wildman–Crippen MR) is 81.4 cm³/mol. The molecule has 0 aliphatic carbocycles. The van der Waals surface area contributed by atoms with Crippen molar-refractivity contribution < 1.29 is 19.0 Å². The van der Waals surface area contributed by atoms with Crippen LogP contribution in [0.15, 0.2) is 40.9 Å². The number of hydrogen-bond donors (Lipinski definition) is 2. The van der Waals surface area contributed by atoms with Crippen LogP contribution in [0, 0.1) is 5.82 Å². The van der Waals surface area contributed by atoms with Gasteiger partial charge in [-0.05, 0) is 36.4 Å². The maximum Gasteiger partial charge on any atom is 0.335 e. The van der Waals surface area contributed by atoms with E-state index in [0.717, 1.165) is 16.1 Å². The van der Waals surface area contributed by atoms with Crippen LogP contribution in [0.4, 0.5) is 10.1 Å². The molecule has 6 heteroatoms. The topological polar surface area (TPSA) is 58.6 Å². The van der Waals surface area contributed by atoms with Gasteiger partial charge in [-0.15, -0.1) is 0 Å². The van der Waals surface area contributed by atoms with Gasteiger partial charge in [0.15, 0.2) is 0 Å². The SMILES string of the molecule is COc1ccc(Br)cc1CNc1cc(C(=O)O)ccc1F. The predicted octanol–water partition coefficient (Wildman–Crippen LogP) is 3.91. The zero-order valence-electron chi connectivity index (χ0n) is 11.2. The highest BCUT2D eigenvalue weighted by molar-refractivity contribution is 9.10. The number of ether oxygens (including phenoxy) is 1. The summed E-state index contributed by atoms with van der Waals surface area (Å²) in [6.07, 6.45) is 0. The average molecular weight is 354 g/mol. The summed E-state index contributed by atoms with van der Waals surface area (Å²) in [5.41, 5.74) is 0.990. The second-order valence-electron chi connectivity index (χ2n) is 4.31. The maximum atomic E-state index is 13.7. The van der Waals surface area contributed by atoms with E-state index in [4.69, 9.17) is 9.84 Å². The van der Waals surface area contributed by atoms with Crippen molar-refractivity contribution in [1.29, 1.82) is 0 Å². The Bertz CT molecular complexity index is 676. The van der Waals surface area contributed by atoms with Crippen molar-refractivity contribution in [2.75, 3.05) is 12.4 Å². The molecule has 21 heavy (non-hydrogen) atoms. The summed E-state index contributed by atoms with van der Waals surface area (Å²) in [5, 5.41) is 11.8. The van der Waals surface area contributed by atoms with Gasteiger partial charge in [0, 0.05) is 16.6 Å². The summed E-state index contributed by atoms with van der Waals surface area (Å²) in [6, 6.07) is 9.11. The number of aromatic carboxylic acids is 1. The van der Waals surface area contributed by atoms with Crippen LogP contribution < -0.4 is 10.1 Å². The fraction of sp³-hybridized carbons (Fsp3) is 0.133. The minimum atomic E-state index is -1.10. The van der Waals surface area contributed by atoms with Crippen molar-refractivity contribution in [2.45, 2.75) is 6.54 Å². The van der Waals surface area contributed by atoms with Crippen molar-refractivity contribution in [1.82, 2.24) is 0 Å². The lowest BCUT2D eigenvalue weighted by Gasteiger charge is -2.12. The lowest BCUT2D eigenvalue weighted by molar-refractivity contribution is 0.0697. The summed E-state index contributed by atoms with van der Waals surface area (Å²) in [5.74, 6) is -0.937. The van der Waals surface area contributed by atoms with Gasteiger partial charge in [0.05, 0.1) is 18.4 Å². The molecule has 0 saturated heterocycles. The van der Waals surface area contributed by atoms with Gasteiger partial charge in [-0.1, -0.05) is 15.9 Å². The number of carboxylic acid groups (broad SMARTS) is 1. The summed E-state index contributed by atoms with van der Waals surface area (Å²) in [4.78, 5) is 10.9. The lowest BCUT2D eigenvalue weighted by Crippen LogP contribution is -2.05. The molecule has 4 nitrogen and oxygen atoms in total. The number of carbonyl (C=O) groups is 1. The number of rotatable bonds is 5. The minimum absolute atomic E-state index is 0.0279. The molecule has 0 heterocycles. The number of anilines is 1. The molecule has 0 aliphatic heterocycles. The number of nitrogens with one attached hydrogen (secondary N) is 1. The van der Waals surface area contributed by atoms with Crippen molar-refractivity contribution in [3.63, 3.8) is 0 Å². The molecular formula is C15H13BrFNO3. The number of carboxylic acids is 1. The Labute approximate surface area is 129 Å². The molecule has 0 fully saturated rings. The van der Waals surface area contributed by atoms with Crippen LogP contribution in [0.25, 0.3) is 0 Å². The van der Waals surface area contributed by atoms with Crippen LogP contribution in [0.5, 0.6) is 5.75 Å². The second kappa shape index (κ2) is 6.58. The van der Waals surface area contributed by atoms with Crippen LogP contribution in [0.2, 0.25) is 0 Å². The van der Waals surface area contributed by atoms with E-state index in [-0.39, 0.29) is 11.3 Å². The Morgan fingerprint density at radius 3 is 2.76 bits per heavy atom. The van der Waals surface area contributed by atoms with E-state index in [0.29, 0.717) is 12.3 Å². The van der Waals surface area contributed by atoms with Gasteiger partial charge in [0.1, 0.15) is 11.6 Å². The van der Waals surface area contributed by atoms with E-state index in [9.17, 15) is 9.18 Å². The van der Waals surface area contributed by atoms with E-state index >= 15 is 0 Å². The van der Waals surface area contributed by atoms with Gasteiger partial charge in [0.25, 0.3) is 0 Å². The quantitative estimate of drug-likeness (QED) is 0.855. The number of methoxy groups -OCH3 is 1. The summed E-state index contributed by atoms with van der Waals surface area (Å²) in [7, 11) is 1.55. The summed E-state index contributed by atoms with van der Waals surface area (Å²) >= 11 is 3.36. The van der Waals surface area contributed by atoms with Gasteiger partial charge >= 0.3 is 5.97 Å². The van der Waals surface area contributed by atoms with Crippen molar-refractivity contribution in [2.24, 2.45) is 0 Å². The standard InChI is InChI=1S/C15H13BrFNO3/c1-21-14-5-3-11(16)6-10(14)8-18-13-7-9(15(19)20)2-4-12(13)17/h2-7,18H,8H2,1H3,(H,19,20). The van der Waals surface area contributed by atoms with Gasteiger partial charge < -0.3 is 15.2 Å². The lowest BCUT2D eigenvalue weighted by atomic mass is 10.1. The molecule has 110 valence electrons. The normalized spacial score (nSPS) is 10.2. The fourth-order valence-corrected chi connectivity index (χ4v) is 2.28. The van der Waals surface area contributed by atoms with Crippen LogP contribution in [0.3, 0.4) is 0 Å². The highest BCUT2D eigenvalue weighted by Crippen LogP contribution is 2.25. The molecule has 2 aromatic rings. The Morgan fingerprint density at radius 1 is 1.33 bits per heavy atom. The first-order valence-corrected chi connectivity index (χ1v) is 6.89. The number of halogens is 2. The maximum absolute atomic E-state index is 13.7. The fourth-order valence-electron chi connectivity index (χ4n) is 1.87. The third kappa shape index (κ3) is 3.72. The van der Waals surface area contributed by atoms with Gasteiger partial charge in [-0.2, -0.15) is 0 Å². The largest absolute Gasteiger partial charge is 0.496 e. The molecule has 2 N–H and O–H groups in total. The number of hydrogen-bond acceptors (Lipinski definition) is 3. The van der Waals surface area contributed by atoms with Crippen molar-refractivity contribution in [3.05, 3.63) is 57.8 Å². The summed E-state index contributed by atoms with van der Waals surface area (Å²) in [6.45, 7) is 0.308. The monoisotopic (exact) mass is 353 g/mol. The highest BCUT2D eigenvalue weighted by atomic mass is 79.9. The summed E-state index contributed by atoms with van der Waals surface area (Å²) < 4.78 is 19.8.